The van der Waals surface area contributed by atoms with Crippen molar-refractivity contribution in [1.29, 1.82) is 0 Å². The molecule has 0 spiro atoms. The van der Waals surface area contributed by atoms with Gasteiger partial charge in [-0.3, -0.25) is 19.0 Å². The van der Waals surface area contributed by atoms with Crippen molar-refractivity contribution in [2.24, 2.45) is 12.5 Å². The van der Waals surface area contributed by atoms with Crippen LogP contribution in [-0.4, -0.2) is 49.2 Å². The lowest BCUT2D eigenvalue weighted by molar-refractivity contribution is -0.388. The second-order valence-electron chi connectivity index (χ2n) is 5.57. The smallest absolute Gasteiger partial charge is 0.315 e. The zero-order valence-electron chi connectivity index (χ0n) is 13.1. The van der Waals surface area contributed by atoms with E-state index in [9.17, 15) is 18.5 Å². The van der Waals surface area contributed by atoms with E-state index in [1.807, 2.05) is 6.92 Å². The lowest BCUT2D eigenvalue weighted by Crippen LogP contribution is -2.42. The van der Waals surface area contributed by atoms with E-state index in [4.69, 9.17) is 13.7 Å². The van der Waals surface area contributed by atoms with E-state index >= 15 is 0 Å². The number of rotatable bonds is 6. The molecule has 0 radical (unpaired) electrons. The van der Waals surface area contributed by atoms with Crippen molar-refractivity contribution >= 4 is 15.8 Å². The van der Waals surface area contributed by atoms with Crippen molar-refractivity contribution in [1.82, 2.24) is 9.78 Å². The molecule has 2 heterocycles. The summed E-state index contributed by atoms with van der Waals surface area (Å²) in [4.78, 5) is 10.5. The summed E-state index contributed by atoms with van der Waals surface area (Å²) in [5.74, 6) is 0. The highest BCUT2D eigenvalue weighted by atomic mass is 32.2. The Bertz CT molecular complexity index is 677. The minimum absolute atomic E-state index is 0.0669. The highest BCUT2D eigenvalue weighted by molar-refractivity contribution is 7.85. The van der Waals surface area contributed by atoms with Gasteiger partial charge in [-0.2, -0.15) is 13.5 Å². The van der Waals surface area contributed by atoms with Crippen LogP contribution in [0, 0.1) is 15.5 Å². The summed E-state index contributed by atoms with van der Waals surface area (Å²) in [5.41, 5.74) is -0.593. The van der Waals surface area contributed by atoms with Crippen LogP contribution in [0.5, 0.6) is 0 Å². The van der Waals surface area contributed by atoms with Gasteiger partial charge in [-0.1, -0.05) is 6.92 Å². The summed E-state index contributed by atoms with van der Waals surface area (Å²) in [7, 11) is -2.01. The summed E-state index contributed by atoms with van der Waals surface area (Å²) in [6.45, 7) is 2.12. The number of nitrogens with zero attached hydrogens (tertiary/aromatic N) is 3. The number of hydrogen-bond donors (Lipinski definition) is 0. The van der Waals surface area contributed by atoms with Gasteiger partial charge in [0.25, 0.3) is 10.1 Å². The van der Waals surface area contributed by atoms with Crippen molar-refractivity contribution in [3.05, 3.63) is 22.0 Å². The van der Waals surface area contributed by atoms with Gasteiger partial charge in [0.1, 0.15) is 6.20 Å². The highest BCUT2D eigenvalue weighted by Gasteiger charge is 2.40. The first-order chi connectivity index (χ1) is 10.7. The average Bonchev–Trinajstić information content (AvgIpc) is 2.87. The van der Waals surface area contributed by atoms with E-state index in [0.717, 1.165) is 12.5 Å². The Morgan fingerprint density at radius 3 is 2.61 bits per heavy atom. The molecule has 10 nitrogen and oxygen atoms in total. The first kappa shape index (κ1) is 17.8. The van der Waals surface area contributed by atoms with Crippen LogP contribution in [0.25, 0.3) is 0 Å². The third-order valence-corrected chi connectivity index (χ3v) is 4.34. The molecular formula is C12H19N3O7S. The monoisotopic (exact) mass is 349 g/mol. The molecule has 2 rings (SSSR count). The molecular weight excluding hydrogens is 330 g/mol. The fraction of sp³-hybridized carbons (Fsp3) is 0.750. The van der Waals surface area contributed by atoms with Crippen LogP contribution in [0.2, 0.25) is 0 Å². The minimum Gasteiger partial charge on any atom is -0.346 e. The van der Waals surface area contributed by atoms with Gasteiger partial charge in [-0.15, -0.1) is 0 Å². The van der Waals surface area contributed by atoms with Gasteiger partial charge in [-0.25, -0.2) is 0 Å². The van der Waals surface area contributed by atoms with Crippen LogP contribution < -0.4 is 0 Å². The molecule has 1 aliphatic rings. The number of aryl methyl sites for hydroxylation is 1. The quantitative estimate of drug-likeness (QED) is 0.419. The van der Waals surface area contributed by atoms with E-state index < -0.39 is 26.7 Å². The average molecular weight is 349 g/mol. The molecule has 11 heteroatoms. The van der Waals surface area contributed by atoms with Gasteiger partial charge in [-0.05, 0) is 6.42 Å². The number of aromatic nitrogens is 2. The third-order valence-electron chi connectivity index (χ3n) is 3.80. The fourth-order valence-electron chi connectivity index (χ4n) is 2.22. The van der Waals surface area contributed by atoms with Gasteiger partial charge in [0.2, 0.25) is 6.29 Å². The first-order valence-corrected chi connectivity index (χ1v) is 8.73. The molecule has 0 aliphatic carbocycles. The number of hydrogen-bond acceptors (Lipinski definition) is 8. The Labute approximate surface area is 133 Å². The maximum absolute atomic E-state index is 11.2. The molecule has 130 valence electrons. The lowest BCUT2D eigenvalue weighted by Gasteiger charge is -2.38. The van der Waals surface area contributed by atoms with E-state index in [0.29, 0.717) is 6.42 Å². The topological polar surface area (TPSA) is 123 Å². The van der Waals surface area contributed by atoms with Crippen LogP contribution in [0.1, 0.15) is 25.3 Å². The molecule has 1 saturated heterocycles. The molecule has 0 N–H and O–H groups in total. The largest absolute Gasteiger partial charge is 0.346 e. The highest BCUT2D eigenvalue weighted by Crippen LogP contribution is 2.37. The first-order valence-electron chi connectivity index (χ1n) is 6.91. The van der Waals surface area contributed by atoms with Crippen LogP contribution in [0.15, 0.2) is 6.20 Å². The van der Waals surface area contributed by atoms with Gasteiger partial charge < -0.3 is 9.47 Å². The van der Waals surface area contributed by atoms with E-state index in [1.165, 1.54) is 4.68 Å². The van der Waals surface area contributed by atoms with Crippen molar-refractivity contribution in [2.45, 2.75) is 19.6 Å². The lowest BCUT2D eigenvalue weighted by atomic mass is 9.87. The number of ether oxygens (including phenoxy) is 2. The Balaban J connectivity index is 2.11. The molecule has 0 amide bonds. The molecule has 0 unspecified atom stereocenters. The van der Waals surface area contributed by atoms with Gasteiger partial charge in [0.05, 0.1) is 31.0 Å². The number of nitro groups is 1. The molecule has 0 bridgehead atoms. The molecule has 1 aromatic heterocycles. The van der Waals surface area contributed by atoms with E-state index in [1.54, 1.807) is 7.05 Å². The minimum atomic E-state index is -3.57. The second-order valence-corrected chi connectivity index (χ2v) is 7.21. The maximum atomic E-state index is 11.2. The molecule has 1 aliphatic heterocycles. The van der Waals surface area contributed by atoms with Crippen LogP contribution >= 0.6 is 0 Å². The van der Waals surface area contributed by atoms with Crippen LogP contribution in [0.3, 0.4) is 0 Å². The Kier molecular flexibility index (Phi) is 5.04. The van der Waals surface area contributed by atoms with Gasteiger partial charge >= 0.3 is 5.69 Å². The normalized spacial score (nSPS) is 25.4. The van der Waals surface area contributed by atoms with Crippen molar-refractivity contribution in [2.75, 3.05) is 26.1 Å². The van der Waals surface area contributed by atoms with Crippen LogP contribution in [-0.2, 0) is 30.8 Å². The predicted molar refractivity (Wildman–Crippen MR) is 78.0 cm³/mol. The molecule has 0 aromatic carbocycles. The van der Waals surface area contributed by atoms with Crippen molar-refractivity contribution in [3.63, 3.8) is 0 Å². The maximum Gasteiger partial charge on any atom is 0.315 e. The summed E-state index contributed by atoms with van der Waals surface area (Å²) < 4.78 is 39.7. The Morgan fingerprint density at radius 1 is 1.52 bits per heavy atom. The summed E-state index contributed by atoms with van der Waals surface area (Å²) in [6.07, 6.45) is 1.75. The van der Waals surface area contributed by atoms with Gasteiger partial charge in [0.15, 0.2) is 5.69 Å². The summed E-state index contributed by atoms with van der Waals surface area (Å²) in [6, 6.07) is 0. The zero-order chi connectivity index (χ0) is 17.3. The van der Waals surface area contributed by atoms with Crippen molar-refractivity contribution in [3.8, 4) is 0 Å². The molecule has 0 saturated carbocycles. The molecule has 1 aromatic rings. The molecule has 1 fully saturated rings. The zero-order valence-corrected chi connectivity index (χ0v) is 13.9. The van der Waals surface area contributed by atoms with Crippen LogP contribution in [0.4, 0.5) is 5.69 Å². The predicted octanol–water partition coefficient (Wildman–Crippen LogP) is 0.746. The summed E-state index contributed by atoms with van der Waals surface area (Å²) >= 11 is 0. The fourth-order valence-corrected chi connectivity index (χ4v) is 2.69. The Hall–Kier alpha value is -1.56. The van der Waals surface area contributed by atoms with E-state index in [-0.39, 0.29) is 31.2 Å². The summed E-state index contributed by atoms with van der Waals surface area (Å²) in [5, 5.41) is 14.9. The third kappa shape index (κ3) is 4.05. The Morgan fingerprint density at radius 2 is 2.13 bits per heavy atom. The van der Waals surface area contributed by atoms with E-state index in [2.05, 4.69) is 5.10 Å². The van der Waals surface area contributed by atoms with Gasteiger partial charge in [0, 0.05) is 12.5 Å². The SMILES string of the molecule is CC[C@]1(COS(C)(=O)=O)CO[C@H](c2c([N+](=O)[O-])cnn2C)OC1. The van der Waals surface area contributed by atoms with Crippen molar-refractivity contribution < 1.29 is 27.0 Å². The standard InChI is InChI=1S/C12H19N3O7S/c1-4-12(8-22-23(3,18)19)6-20-11(21-7-12)10-9(15(16)17)5-13-14(10)2/h5,11H,4,6-8H2,1-3H3/t11-,12-. The molecule has 0 atom stereocenters. The molecule has 23 heavy (non-hydrogen) atoms. The second kappa shape index (κ2) is 6.51.